The van der Waals surface area contributed by atoms with Crippen molar-refractivity contribution in [3.05, 3.63) is 70.1 Å². The third-order valence-electron chi connectivity index (χ3n) is 4.80. The van der Waals surface area contributed by atoms with E-state index in [9.17, 15) is 30.8 Å². The number of fused-ring (bicyclic) bond motifs is 1. The number of rotatable bonds is 5. The number of carbonyl (C=O) groups excluding carboxylic acids is 1. The number of carbonyl (C=O) groups is 1. The lowest BCUT2D eigenvalue weighted by atomic mass is 10.1. The van der Waals surface area contributed by atoms with Crippen LogP contribution in [0.15, 0.2) is 53.8 Å². The van der Waals surface area contributed by atoms with Crippen LogP contribution in [0, 0.1) is 5.82 Å². The molecule has 0 aliphatic heterocycles. The number of pyridine rings is 2. The molecular formula is C21H15F4N5O3S2. The summed E-state index contributed by atoms with van der Waals surface area (Å²) in [5.41, 5.74) is 6.13. The van der Waals surface area contributed by atoms with Gasteiger partial charge in [0.2, 0.25) is 0 Å². The lowest BCUT2D eigenvalue weighted by Crippen LogP contribution is -2.31. The van der Waals surface area contributed by atoms with Gasteiger partial charge in [-0.05, 0) is 29.8 Å². The summed E-state index contributed by atoms with van der Waals surface area (Å²) in [4.78, 5) is 25.1. The third kappa shape index (κ3) is 5.07. The first-order chi connectivity index (χ1) is 16.3. The van der Waals surface area contributed by atoms with Gasteiger partial charge in [-0.1, -0.05) is 12.1 Å². The predicted molar refractivity (Wildman–Crippen MR) is 121 cm³/mol. The zero-order valence-electron chi connectivity index (χ0n) is 17.7. The Balaban J connectivity index is 1.83. The molecule has 4 rings (SSSR count). The van der Waals surface area contributed by atoms with Crippen LogP contribution in [0.1, 0.15) is 20.2 Å². The normalized spacial score (nSPS) is 12.1. The molecule has 1 aromatic carbocycles. The number of hydrogen-bond acceptors (Lipinski definition) is 8. The largest absolute Gasteiger partial charge is 0.443 e. The van der Waals surface area contributed by atoms with Crippen LogP contribution in [0.25, 0.3) is 10.9 Å². The van der Waals surface area contributed by atoms with Crippen molar-refractivity contribution in [3.8, 4) is 0 Å². The van der Waals surface area contributed by atoms with Gasteiger partial charge in [-0.3, -0.25) is 4.79 Å². The van der Waals surface area contributed by atoms with Gasteiger partial charge in [-0.2, -0.15) is 13.2 Å². The molecule has 3 heterocycles. The fourth-order valence-corrected chi connectivity index (χ4v) is 4.80. The van der Waals surface area contributed by atoms with Crippen molar-refractivity contribution in [2.24, 2.45) is 0 Å². The van der Waals surface area contributed by atoms with Crippen molar-refractivity contribution < 1.29 is 30.8 Å². The molecule has 0 bridgehead atoms. The first kappa shape index (κ1) is 24.5. The van der Waals surface area contributed by atoms with Crippen molar-refractivity contribution >= 4 is 49.5 Å². The lowest BCUT2D eigenvalue weighted by Gasteiger charge is -2.24. The monoisotopic (exact) mass is 525 g/mol. The van der Waals surface area contributed by atoms with Gasteiger partial charge in [0, 0.05) is 17.8 Å². The van der Waals surface area contributed by atoms with Gasteiger partial charge in [0.05, 0.1) is 23.9 Å². The molecule has 0 saturated heterocycles. The average molecular weight is 526 g/mol. The number of nitrogens with two attached hydrogens (primary N) is 1. The quantitative estimate of drug-likeness (QED) is 0.390. The number of thiazole rings is 1. The summed E-state index contributed by atoms with van der Waals surface area (Å²) in [7, 11) is -3.92. The van der Waals surface area contributed by atoms with Gasteiger partial charge >= 0.3 is 6.18 Å². The first-order valence-corrected chi connectivity index (χ1v) is 12.4. The zero-order chi connectivity index (χ0) is 25.5. The number of hydrogen-bond donors (Lipinski definition) is 1. The Bertz CT molecular complexity index is 1550. The van der Waals surface area contributed by atoms with E-state index in [4.69, 9.17) is 5.73 Å². The minimum Gasteiger partial charge on any atom is -0.381 e. The summed E-state index contributed by atoms with van der Waals surface area (Å²) in [6.07, 6.45) is -1.86. The molecule has 8 nitrogen and oxygen atoms in total. The highest BCUT2D eigenvalue weighted by atomic mass is 32.2. The van der Waals surface area contributed by atoms with Gasteiger partial charge in [-0.25, -0.2) is 27.8 Å². The molecule has 0 unspecified atom stereocenters. The van der Waals surface area contributed by atoms with Crippen LogP contribution >= 0.6 is 11.3 Å². The molecular weight excluding hydrogens is 510 g/mol. The predicted octanol–water partition coefficient (Wildman–Crippen LogP) is 4.08. The standard InChI is InChI=1S/C21H15F4N5O3S2/c1-35(32,33)18-15(3-2-6-27-18)30(19(31)16-9-28-20(34-16)21(23,24)25)10-11-4-5-12-8-13(22)17(26)29-14(12)7-11/h2-9H,10H2,1H3,(H2,26,29). The second-order valence-corrected chi connectivity index (χ2v) is 10.4. The Morgan fingerprint density at radius 2 is 1.91 bits per heavy atom. The summed E-state index contributed by atoms with van der Waals surface area (Å²) < 4.78 is 77.6. The number of amides is 1. The van der Waals surface area contributed by atoms with Gasteiger partial charge < -0.3 is 10.6 Å². The number of sulfone groups is 1. The number of aromatic nitrogens is 3. The van der Waals surface area contributed by atoms with Crippen LogP contribution in [0.3, 0.4) is 0 Å². The minimum absolute atomic E-state index is 0.131. The van der Waals surface area contributed by atoms with E-state index < -0.39 is 37.8 Å². The molecule has 1 amide bonds. The van der Waals surface area contributed by atoms with Crippen LogP contribution in [-0.2, 0) is 22.6 Å². The maximum absolute atomic E-state index is 13.7. The molecule has 0 radical (unpaired) electrons. The van der Waals surface area contributed by atoms with Crippen molar-refractivity contribution in [2.45, 2.75) is 17.7 Å². The Labute approximate surface area is 200 Å². The summed E-state index contributed by atoms with van der Waals surface area (Å²) in [5.74, 6) is -1.96. The van der Waals surface area contributed by atoms with Crippen LogP contribution in [-0.4, -0.2) is 35.5 Å². The lowest BCUT2D eigenvalue weighted by molar-refractivity contribution is -0.137. The molecule has 0 aliphatic carbocycles. The number of alkyl halides is 3. The fourth-order valence-electron chi connectivity index (χ4n) is 3.26. The zero-order valence-corrected chi connectivity index (χ0v) is 19.4. The highest BCUT2D eigenvalue weighted by Gasteiger charge is 2.36. The van der Waals surface area contributed by atoms with Gasteiger partial charge in [0.1, 0.15) is 4.88 Å². The molecule has 14 heteroatoms. The van der Waals surface area contributed by atoms with Crippen LogP contribution in [0.2, 0.25) is 0 Å². The molecule has 0 saturated carbocycles. The highest BCUT2D eigenvalue weighted by molar-refractivity contribution is 7.90. The SMILES string of the molecule is CS(=O)(=O)c1ncccc1N(Cc1ccc2cc(F)c(N)nc2c1)C(=O)c1cnc(C(F)(F)F)s1. The topological polar surface area (TPSA) is 119 Å². The molecule has 0 aliphatic rings. The third-order valence-corrected chi connectivity index (χ3v) is 6.85. The summed E-state index contributed by atoms with van der Waals surface area (Å²) in [5, 5.41) is -1.23. The van der Waals surface area contributed by atoms with Gasteiger partial charge in [0.25, 0.3) is 5.91 Å². The van der Waals surface area contributed by atoms with E-state index in [1.165, 1.54) is 36.5 Å². The minimum atomic E-state index is -4.75. The van der Waals surface area contributed by atoms with Crippen molar-refractivity contribution in [1.29, 1.82) is 0 Å². The highest BCUT2D eigenvalue weighted by Crippen LogP contribution is 2.34. The molecule has 35 heavy (non-hydrogen) atoms. The molecule has 0 fully saturated rings. The van der Waals surface area contributed by atoms with Crippen LogP contribution in [0.4, 0.5) is 29.1 Å². The van der Waals surface area contributed by atoms with E-state index in [1.807, 2.05) is 0 Å². The van der Waals surface area contributed by atoms with Crippen molar-refractivity contribution in [2.75, 3.05) is 16.9 Å². The van der Waals surface area contributed by atoms with Crippen molar-refractivity contribution in [3.63, 3.8) is 0 Å². The van der Waals surface area contributed by atoms with E-state index in [2.05, 4.69) is 15.0 Å². The van der Waals surface area contributed by atoms with Gasteiger partial charge in [0.15, 0.2) is 31.5 Å². The second kappa shape index (κ2) is 8.85. The summed E-state index contributed by atoms with van der Waals surface area (Å²) in [6.45, 7) is -0.263. The number of nitrogen functional groups attached to an aromatic ring is 1. The summed E-state index contributed by atoms with van der Waals surface area (Å²) >= 11 is 0.133. The van der Waals surface area contributed by atoms with E-state index in [0.717, 1.165) is 17.4 Å². The maximum Gasteiger partial charge on any atom is 0.443 e. The Hall–Kier alpha value is -3.65. The van der Waals surface area contributed by atoms with Crippen LogP contribution < -0.4 is 10.6 Å². The molecule has 2 N–H and O–H groups in total. The number of halogens is 4. The van der Waals surface area contributed by atoms with E-state index in [1.54, 1.807) is 6.07 Å². The summed E-state index contributed by atoms with van der Waals surface area (Å²) in [6, 6.07) is 8.48. The molecule has 182 valence electrons. The molecule has 3 aromatic heterocycles. The molecule has 0 spiro atoms. The average Bonchev–Trinajstić information content (AvgIpc) is 3.28. The van der Waals surface area contributed by atoms with E-state index >= 15 is 0 Å². The van der Waals surface area contributed by atoms with E-state index in [-0.39, 0.29) is 34.3 Å². The Morgan fingerprint density at radius 1 is 1.17 bits per heavy atom. The Kier molecular flexibility index (Phi) is 6.19. The van der Waals surface area contributed by atoms with Gasteiger partial charge in [-0.15, -0.1) is 11.3 Å². The number of anilines is 2. The Morgan fingerprint density at radius 3 is 2.57 bits per heavy atom. The maximum atomic E-state index is 13.7. The molecule has 4 aromatic rings. The van der Waals surface area contributed by atoms with E-state index in [0.29, 0.717) is 16.5 Å². The smallest absolute Gasteiger partial charge is 0.381 e. The second-order valence-electron chi connectivity index (χ2n) is 7.40. The van der Waals surface area contributed by atoms with Crippen molar-refractivity contribution in [1.82, 2.24) is 15.0 Å². The number of nitrogens with zero attached hydrogens (tertiary/aromatic N) is 4. The number of benzene rings is 1. The van der Waals surface area contributed by atoms with Crippen LogP contribution in [0.5, 0.6) is 0 Å². The first-order valence-electron chi connectivity index (χ1n) is 9.69. The fraction of sp³-hybridized carbons (Fsp3) is 0.143. The molecule has 0 atom stereocenters.